The first-order chi connectivity index (χ1) is 11.9. The fourth-order valence-corrected chi connectivity index (χ4v) is 3.27. The first-order valence-corrected chi connectivity index (χ1v) is 8.37. The van der Waals surface area contributed by atoms with Crippen molar-refractivity contribution in [2.24, 2.45) is 5.92 Å². The van der Waals surface area contributed by atoms with E-state index in [2.05, 4.69) is 5.32 Å². The molecule has 25 heavy (non-hydrogen) atoms. The summed E-state index contributed by atoms with van der Waals surface area (Å²) in [5.41, 5.74) is 0.272. The highest BCUT2D eigenvalue weighted by Gasteiger charge is 2.31. The molecule has 0 spiro atoms. The quantitative estimate of drug-likeness (QED) is 0.462. The van der Waals surface area contributed by atoms with Crippen LogP contribution in [0.15, 0.2) is 24.3 Å². The van der Waals surface area contributed by atoms with E-state index in [1.54, 1.807) is 25.2 Å². The van der Waals surface area contributed by atoms with Gasteiger partial charge in [0.15, 0.2) is 0 Å². The summed E-state index contributed by atoms with van der Waals surface area (Å²) >= 11 is 0. The highest BCUT2D eigenvalue weighted by atomic mass is 16.6. The number of carboxylic acids is 1. The standard InChI is InChI=1S/C17H23N3O5/c1-19(14-9-5-6-10-15(14)20(24)25)11-16(21)18-13-8-4-2-3-7-12(13)17(22)23/h5-6,9-10,12-13H,2-4,7-8,11H2,1H3,(H,18,21)(H,22,23)/t12-,13+/m1/s1. The first kappa shape index (κ1) is 18.7. The predicted octanol–water partition coefficient (Wildman–Crippen LogP) is 2.18. The molecule has 0 aliphatic heterocycles. The lowest BCUT2D eigenvalue weighted by Gasteiger charge is -2.25. The van der Waals surface area contributed by atoms with Crippen molar-refractivity contribution < 1.29 is 19.6 Å². The van der Waals surface area contributed by atoms with Gasteiger partial charge in [-0.15, -0.1) is 0 Å². The molecule has 0 unspecified atom stereocenters. The topological polar surface area (TPSA) is 113 Å². The molecule has 1 aromatic rings. The number of likely N-dealkylation sites (N-methyl/N-ethyl adjacent to an activating group) is 1. The summed E-state index contributed by atoms with van der Waals surface area (Å²) in [5, 5.41) is 23.3. The zero-order valence-corrected chi connectivity index (χ0v) is 14.2. The minimum absolute atomic E-state index is 0.0734. The number of hydrogen-bond acceptors (Lipinski definition) is 5. The summed E-state index contributed by atoms with van der Waals surface area (Å²) in [6.45, 7) is -0.0757. The van der Waals surface area contributed by atoms with Crippen LogP contribution in [0.3, 0.4) is 0 Å². The Morgan fingerprint density at radius 3 is 2.64 bits per heavy atom. The molecule has 2 rings (SSSR count). The summed E-state index contributed by atoms with van der Waals surface area (Å²) in [6.07, 6.45) is 3.89. The van der Waals surface area contributed by atoms with E-state index in [1.165, 1.54) is 11.0 Å². The number of nitro benzene ring substituents is 1. The lowest BCUT2D eigenvalue weighted by atomic mass is 9.95. The summed E-state index contributed by atoms with van der Waals surface area (Å²) in [5.74, 6) is -1.80. The average Bonchev–Trinajstić information content (AvgIpc) is 2.80. The van der Waals surface area contributed by atoms with E-state index in [4.69, 9.17) is 0 Å². The van der Waals surface area contributed by atoms with Crippen molar-refractivity contribution in [3.05, 3.63) is 34.4 Å². The van der Waals surface area contributed by atoms with Gasteiger partial charge in [-0.3, -0.25) is 19.7 Å². The molecule has 8 nitrogen and oxygen atoms in total. The zero-order chi connectivity index (χ0) is 18.4. The normalized spacial score (nSPS) is 20.4. The van der Waals surface area contributed by atoms with Crippen LogP contribution in [0.1, 0.15) is 32.1 Å². The highest BCUT2D eigenvalue weighted by molar-refractivity contribution is 5.83. The molecular weight excluding hydrogens is 326 g/mol. The number of carbonyl (C=O) groups excluding carboxylic acids is 1. The Labute approximate surface area is 146 Å². The maximum absolute atomic E-state index is 12.3. The van der Waals surface area contributed by atoms with Gasteiger partial charge < -0.3 is 15.3 Å². The van der Waals surface area contributed by atoms with Gasteiger partial charge in [-0.25, -0.2) is 0 Å². The molecule has 2 N–H and O–H groups in total. The van der Waals surface area contributed by atoms with Crippen molar-refractivity contribution in [1.82, 2.24) is 5.32 Å². The third kappa shape index (κ3) is 4.91. The van der Waals surface area contributed by atoms with Crippen molar-refractivity contribution in [2.45, 2.75) is 38.1 Å². The monoisotopic (exact) mass is 349 g/mol. The number of anilines is 1. The molecule has 0 bridgehead atoms. The lowest BCUT2D eigenvalue weighted by Crippen LogP contribution is -2.46. The molecule has 0 heterocycles. The van der Waals surface area contributed by atoms with Crippen molar-refractivity contribution in [1.29, 1.82) is 0 Å². The van der Waals surface area contributed by atoms with E-state index >= 15 is 0 Å². The molecule has 1 saturated carbocycles. The van der Waals surface area contributed by atoms with E-state index in [1.807, 2.05) is 0 Å². The number of nitrogens with zero attached hydrogens (tertiary/aromatic N) is 2. The van der Waals surface area contributed by atoms with Gasteiger partial charge >= 0.3 is 5.97 Å². The molecule has 2 atom stereocenters. The van der Waals surface area contributed by atoms with Crippen LogP contribution in [0.2, 0.25) is 0 Å². The number of amides is 1. The Morgan fingerprint density at radius 2 is 1.96 bits per heavy atom. The van der Waals surface area contributed by atoms with Gasteiger partial charge in [0.25, 0.3) is 5.69 Å². The van der Waals surface area contributed by atoms with Gasteiger partial charge in [0, 0.05) is 19.2 Å². The summed E-state index contributed by atoms with van der Waals surface area (Å²) < 4.78 is 0. The maximum atomic E-state index is 12.3. The van der Waals surface area contributed by atoms with Crippen LogP contribution < -0.4 is 10.2 Å². The largest absolute Gasteiger partial charge is 0.481 e. The second-order valence-corrected chi connectivity index (χ2v) is 6.36. The number of para-hydroxylation sites is 2. The van der Waals surface area contributed by atoms with Crippen LogP contribution in [-0.2, 0) is 9.59 Å². The molecule has 1 fully saturated rings. The van der Waals surface area contributed by atoms with Crippen molar-refractivity contribution in [3.63, 3.8) is 0 Å². The molecule has 0 aromatic heterocycles. The van der Waals surface area contributed by atoms with Crippen LogP contribution in [-0.4, -0.2) is 41.5 Å². The highest BCUT2D eigenvalue weighted by Crippen LogP contribution is 2.27. The fourth-order valence-electron chi connectivity index (χ4n) is 3.27. The molecule has 136 valence electrons. The second kappa shape index (κ2) is 8.46. The predicted molar refractivity (Wildman–Crippen MR) is 92.5 cm³/mol. The smallest absolute Gasteiger partial charge is 0.308 e. The number of carboxylic acid groups (broad SMARTS) is 1. The van der Waals surface area contributed by atoms with Crippen LogP contribution in [0.25, 0.3) is 0 Å². The van der Waals surface area contributed by atoms with Crippen molar-refractivity contribution in [3.8, 4) is 0 Å². The lowest BCUT2D eigenvalue weighted by molar-refractivity contribution is -0.384. The number of nitro groups is 1. The van der Waals surface area contributed by atoms with E-state index in [-0.39, 0.29) is 18.1 Å². The molecule has 0 radical (unpaired) electrons. The average molecular weight is 349 g/mol. The number of aliphatic carboxylic acids is 1. The minimum atomic E-state index is -0.890. The summed E-state index contributed by atoms with van der Waals surface area (Å²) in [7, 11) is 1.60. The number of benzene rings is 1. The summed E-state index contributed by atoms with van der Waals surface area (Å²) in [4.78, 5) is 35.9. The van der Waals surface area contributed by atoms with E-state index in [9.17, 15) is 24.8 Å². The van der Waals surface area contributed by atoms with E-state index in [0.717, 1.165) is 19.3 Å². The Kier molecular flexibility index (Phi) is 6.32. The van der Waals surface area contributed by atoms with Gasteiger partial charge in [0.1, 0.15) is 5.69 Å². The molecule has 0 saturated heterocycles. The molecule has 1 aliphatic carbocycles. The van der Waals surface area contributed by atoms with Gasteiger partial charge in [-0.2, -0.15) is 0 Å². The Bertz CT molecular complexity index is 649. The Morgan fingerprint density at radius 1 is 1.28 bits per heavy atom. The van der Waals surface area contributed by atoms with E-state index < -0.39 is 22.9 Å². The molecular formula is C17H23N3O5. The minimum Gasteiger partial charge on any atom is -0.481 e. The molecule has 8 heteroatoms. The maximum Gasteiger partial charge on any atom is 0.308 e. The van der Waals surface area contributed by atoms with Gasteiger partial charge in [0.05, 0.1) is 17.4 Å². The van der Waals surface area contributed by atoms with Crippen molar-refractivity contribution >= 4 is 23.3 Å². The van der Waals surface area contributed by atoms with Gasteiger partial charge in [0.2, 0.25) is 5.91 Å². The summed E-state index contributed by atoms with van der Waals surface area (Å²) in [6, 6.07) is 5.81. The number of hydrogen-bond donors (Lipinski definition) is 2. The van der Waals surface area contributed by atoms with Crippen LogP contribution in [0, 0.1) is 16.0 Å². The van der Waals surface area contributed by atoms with Crippen molar-refractivity contribution in [2.75, 3.05) is 18.5 Å². The molecule has 1 aromatic carbocycles. The van der Waals surface area contributed by atoms with Crippen LogP contribution in [0.4, 0.5) is 11.4 Å². The Hall–Kier alpha value is -2.64. The molecule has 1 aliphatic rings. The number of carbonyl (C=O) groups is 2. The fraction of sp³-hybridized carbons (Fsp3) is 0.529. The Balaban J connectivity index is 2.03. The zero-order valence-electron chi connectivity index (χ0n) is 14.2. The van der Waals surface area contributed by atoms with Gasteiger partial charge in [-0.05, 0) is 18.9 Å². The first-order valence-electron chi connectivity index (χ1n) is 8.37. The number of nitrogens with one attached hydrogen (secondary N) is 1. The number of rotatable bonds is 6. The second-order valence-electron chi connectivity index (χ2n) is 6.36. The SMILES string of the molecule is CN(CC(=O)N[C@H]1CCCCC[C@H]1C(=O)O)c1ccccc1[N+](=O)[O-]. The molecule has 1 amide bonds. The van der Waals surface area contributed by atoms with Crippen LogP contribution >= 0.6 is 0 Å². The third-order valence-corrected chi connectivity index (χ3v) is 4.55. The third-order valence-electron chi connectivity index (χ3n) is 4.55. The van der Waals surface area contributed by atoms with E-state index in [0.29, 0.717) is 18.5 Å². The van der Waals surface area contributed by atoms with Crippen LogP contribution in [0.5, 0.6) is 0 Å². The van der Waals surface area contributed by atoms with Gasteiger partial charge in [-0.1, -0.05) is 31.4 Å².